The molecule has 134 valence electrons. The number of alkyl halides is 3. The lowest BCUT2D eigenvalue weighted by Crippen LogP contribution is -2.37. The summed E-state index contributed by atoms with van der Waals surface area (Å²) >= 11 is 0. The Hall–Kier alpha value is -3.01. The lowest BCUT2D eigenvalue weighted by Gasteiger charge is -2.31. The lowest BCUT2D eigenvalue weighted by molar-refractivity contribution is -0.138. The minimum atomic E-state index is -4.41. The Kier molecular flexibility index (Phi) is 4.60. The number of carboxylic acids is 1. The summed E-state index contributed by atoms with van der Waals surface area (Å²) in [6, 6.07) is 12.2. The predicted octanol–water partition coefficient (Wildman–Crippen LogP) is 4.37. The zero-order valence-corrected chi connectivity index (χ0v) is 13.6. The molecule has 0 saturated carbocycles. The number of carboxylic acid groups (broad SMARTS) is 1. The van der Waals surface area contributed by atoms with Crippen LogP contribution in [0, 0.1) is 11.3 Å². The van der Waals surface area contributed by atoms with Crippen molar-refractivity contribution < 1.29 is 23.1 Å². The van der Waals surface area contributed by atoms with Crippen LogP contribution in [0.25, 0.3) is 0 Å². The lowest BCUT2D eigenvalue weighted by atomic mass is 10.0. The van der Waals surface area contributed by atoms with Crippen LogP contribution in [-0.4, -0.2) is 17.1 Å². The van der Waals surface area contributed by atoms with Gasteiger partial charge in [-0.25, -0.2) is 4.79 Å². The molecule has 1 N–H and O–H groups in total. The van der Waals surface area contributed by atoms with Crippen molar-refractivity contribution in [2.24, 2.45) is 0 Å². The van der Waals surface area contributed by atoms with Crippen LogP contribution in [0.3, 0.4) is 0 Å². The Balaban J connectivity index is 1.96. The van der Waals surface area contributed by atoms with E-state index in [1.807, 2.05) is 6.07 Å². The van der Waals surface area contributed by atoms with Crippen LogP contribution >= 0.6 is 0 Å². The van der Waals surface area contributed by atoms with Gasteiger partial charge in [-0.1, -0.05) is 12.1 Å². The summed E-state index contributed by atoms with van der Waals surface area (Å²) in [5.41, 5.74) is 0.967. The molecular formula is C19H15F3N2O2. The normalized spacial score (nSPS) is 20.0. The highest BCUT2D eigenvalue weighted by Gasteiger charge is 2.39. The van der Waals surface area contributed by atoms with Crippen LogP contribution in [0.1, 0.15) is 35.6 Å². The number of halogens is 3. The van der Waals surface area contributed by atoms with Crippen LogP contribution in [-0.2, 0) is 11.0 Å². The molecule has 0 aliphatic carbocycles. The molecule has 0 amide bonds. The SMILES string of the molecule is N#Cc1ccc(N2C(c3ccc(C(F)(F)F)cc3)CC[C@H]2C(=O)O)cc1. The number of nitriles is 1. The fourth-order valence-electron chi connectivity index (χ4n) is 3.34. The molecule has 0 spiro atoms. The first-order valence-electron chi connectivity index (χ1n) is 7.99. The number of carbonyl (C=O) groups is 1. The number of hydrogen-bond acceptors (Lipinski definition) is 3. The van der Waals surface area contributed by atoms with E-state index in [1.54, 1.807) is 29.2 Å². The largest absolute Gasteiger partial charge is 0.480 e. The van der Waals surface area contributed by atoms with E-state index in [0.29, 0.717) is 29.7 Å². The van der Waals surface area contributed by atoms with Gasteiger partial charge in [0.05, 0.1) is 23.2 Å². The average Bonchev–Trinajstić information content (AvgIpc) is 3.06. The molecule has 26 heavy (non-hydrogen) atoms. The first kappa shape index (κ1) is 17.8. The molecule has 7 heteroatoms. The molecular weight excluding hydrogens is 345 g/mol. The number of hydrogen-bond donors (Lipinski definition) is 1. The second kappa shape index (κ2) is 6.71. The van der Waals surface area contributed by atoms with Gasteiger partial charge in [-0.3, -0.25) is 0 Å². The fraction of sp³-hybridized carbons (Fsp3) is 0.263. The van der Waals surface area contributed by atoms with E-state index in [2.05, 4.69) is 0 Å². The minimum Gasteiger partial charge on any atom is -0.480 e. The third-order valence-electron chi connectivity index (χ3n) is 4.59. The van der Waals surface area contributed by atoms with Crippen LogP contribution in [0.4, 0.5) is 18.9 Å². The zero-order valence-electron chi connectivity index (χ0n) is 13.6. The second-order valence-electron chi connectivity index (χ2n) is 6.13. The van der Waals surface area contributed by atoms with Gasteiger partial charge in [0.15, 0.2) is 0 Å². The van der Waals surface area contributed by atoms with Gasteiger partial charge in [-0.15, -0.1) is 0 Å². The van der Waals surface area contributed by atoms with E-state index in [0.717, 1.165) is 12.1 Å². The quantitative estimate of drug-likeness (QED) is 0.883. The topological polar surface area (TPSA) is 64.3 Å². The first-order chi connectivity index (χ1) is 12.3. The summed E-state index contributed by atoms with van der Waals surface area (Å²) in [4.78, 5) is 13.3. The highest BCUT2D eigenvalue weighted by atomic mass is 19.4. The van der Waals surface area contributed by atoms with Crippen molar-refractivity contribution in [2.75, 3.05) is 4.90 Å². The molecule has 1 aliphatic heterocycles. The van der Waals surface area contributed by atoms with Crippen molar-refractivity contribution in [3.05, 3.63) is 65.2 Å². The third-order valence-corrected chi connectivity index (χ3v) is 4.59. The number of benzene rings is 2. The molecule has 2 atom stereocenters. The van der Waals surface area contributed by atoms with Gasteiger partial charge < -0.3 is 10.0 Å². The first-order valence-corrected chi connectivity index (χ1v) is 7.99. The van der Waals surface area contributed by atoms with Crippen LogP contribution < -0.4 is 4.90 Å². The van der Waals surface area contributed by atoms with Crippen molar-refractivity contribution >= 4 is 11.7 Å². The maximum Gasteiger partial charge on any atom is 0.416 e. The summed E-state index contributed by atoms with van der Waals surface area (Å²) in [5.74, 6) is -0.983. The maximum atomic E-state index is 12.8. The molecule has 4 nitrogen and oxygen atoms in total. The van der Waals surface area contributed by atoms with E-state index in [4.69, 9.17) is 5.26 Å². The smallest absolute Gasteiger partial charge is 0.416 e. The summed E-state index contributed by atoms with van der Waals surface area (Å²) in [7, 11) is 0. The van der Waals surface area contributed by atoms with Gasteiger partial charge in [0, 0.05) is 5.69 Å². The molecule has 1 fully saturated rings. The summed E-state index contributed by atoms with van der Waals surface area (Å²) in [6.07, 6.45) is -3.51. The highest BCUT2D eigenvalue weighted by molar-refractivity contribution is 5.79. The van der Waals surface area contributed by atoms with Crippen LogP contribution in [0.15, 0.2) is 48.5 Å². The molecule has 1 unspecified atom stereocenters. The van der Waals surface area contributed by atoms with Crippen molar-refractivity contribution in [3.8, 4) is 6.07 Å². The van der Waals surface area contributed by atoms with Gasteiger partial charge in [0.2, 0.25) is 0 Å². The van der Waals surface area contributed by atoms with Gasteiger partial charge in [-0.2, -0.15) is 18.4 Å². The van der Waals surface area contributed by atoms with Crippen molar-refractivity contribution in [3.63, 3.8) is 0 Å². The Morgan fingerprint density at radius 1 is 1.08 bits per heavy atom. The number of anilines is 1. The molecule has 3 rings (SSSR count). The summed E-state index contributed by atoms with van der Waals surface area (Å²) in [6.45, 7) is 0. The second-order valence-corrected chi connectivity index (χ2v) is 6.13. The molecule has 2 aromatic rings. The Labute approximate surface area is 148 Å². The molecule has 1 aliphatic rings. The summed E-state index contributed by atoms with van der Waals surface area (Å²) in [5, 5.41) is 18.4. The number of nitrogens with zero attached hydrogens (tertiary/aromatic N) is 2. The minimum absolute atomic E-state index is 0.341. The van der Waals surface area contributed by atoms with Gasteiger partial charge >= 0.3 is 12.1 Å². The third kappa shape index (κ3) is 3.36. The molecule has 0 radical (unpaired) electrons. The van der Waals surface area contributed by atoms with E-state index in [9.17, 15) is 23.1 Å². The average molecular weight is 360 g/mol. The van der Waals surface area contributed by atoms with Crippen LogP contribution in [0.5, 0.6) is 0 Å². The number of aliphatic carboxylic acids is 1. The molecule has 1 heterocycles. The van der Waals surface area contributed by atoms with E-state index >= 15 is 0 Å². The van der Waals surface area contributed by atoms with Gasteiger partial charge in [-0.05, 0) is 54.8 Å². The predicted molar refractivity (Wildman–Crippen MR) is 88.5 cm³/mol. The molecule has 0 bridgehead atoms. The van der Waals surface area contributed by atoms with Gasteiger partial charge in [0.25, 0.3) is 0 Å². The van der Waals surface area contributed by atoms with Crippen LogP contribution in [0.2, 0.25) is 0 Å². The zero-order chi connectivity index (χ0) is 18.9. The van der Waals surface area contributed by atoms with E-state index in [-0.39, 0.29) is 6.04 Å². The van der Waals surface area contributed by atoms with Crippen molar-refractivity contribution in [2.45, 2.75) is 31.1 Å². The summed E-state index contributed by atoms with van der Waals surface area (Å²) < 4.78 is 38.3. The maximum absolute atomic E-state index is 12.8. The highest BCUT2D eigenvalue weighted by Crippen LogP contribution is 2.41. The van der Waals surface area contributed by atoms with Gasteiger partial charge in [0.1, 0.15) is 6.04 Å². The molecule has 1 saturated heterocycles. The van der Waals surface area contributed by atoms with Crippen molar-refractivity contribution in [1.29, 1.82) is 5.26 Å². The van der Waals surface area contributed by atoms with Crippen molar-refractivity contribution in [1.82, 2.24) is 0 Å². The van der Waals surface area contributed by atoms with E-state index < -0.39 is 23.8 Å². The Bertz CT molecular complexity index is 839. The Morgan fingerprint density at radius 3 is 2.19 bits per heavy atom. The monoisotopic (exact) mass is 360 g/mol. The standard InChI is InChI=1S/C19H15F3N2O2/c20-19(21,22)14-5-3-13(4-6-14)16-9-10-17(18(25)26)24(16)15-7-1-12(11-23)2-8-15/h1-8,16-17H,9-10H2,(H,25,26)/t16?,17-/m0/s1. The molecule has 2 aromatic carbocycles. The van der Waals surface area contributed by atoms with E-state index in [1.165, 1.54) is 12.1 Å². The number of rotatable bonds is 3. The Morgan fingerprint density at radius 2 is 1.69 bits per heavy atom. The molecule has 0 aromatic heterocycles. The fourth-order valence-corrected chi connectivity index (χ4v) is 3.34.